The lowest BCUT2D eigenvalue weighted by Crippen LogP contribution is -2.45. The molecule has 0 bridgehead atoms. The zero-order valence-corrected chi connectivity index (χ0v) is 11.6. The van der Waals surface area contributed by atoms with E-state index in [0.29, 0.717) is 5.92 Å². The highest BCUT2D eigenvalue weighted by atomic mass is 16.5. The Morgan fingerprint density at radius 3 is 3.05 bits per heavy atom. The summed E-state index contributed by atoms with van der Waals surface area (Å²) < 4.78 is 5.95. The Bertz CT molecular complexity index is 435. The van der Waals surface area contributed by atoms with Crippen LogP contribution in [0.4, 0.5) is 0 Å². The van der Waals surface area contributed by atoms with Crippen LogP contribution in [0.1, 0.15) is 30.6 Å². The molecule has 19 heavy (non-hydrogen) atoms. The lowest BCUT2D eigenvalue weighted by molar-refractivity contribution is -0.0205. The van der Waals surface area contributed by atoms with Gasteiger partial charge in [-0.15, -0.1) is 0 Å². The lowest BCUT2D eigenvalue weighted by Gasteiger charge is -2.37. The molecule has 0 amide bonds. The normalized spacial score (nSPS) is 32.0. The molecular weight excluding hydrogens is 238 g/mol. The third kappa shape index (κ3) is 2.83. The van der Waals surface area contributed by atoms with Crippen molar-refractivity contribution in [1.29, 1.82) is 0 Å². The maximum atomic E-state index is 9.99. The number of aliphatic hydroxyl groups excluding tert-OH is 1. The number of piperidine rings is 1. The largest absolute Gasteiger partial charge is 0.392 e. The second kappa shape index (κ2) is 5.61. The van der Waals surface area contributed by atoms with Crippen molar-refractivity contribution in [2.75, 3.05) is 26.2 Å². The fraction of sp³-hybridized carbons (Fsp3) is 0.625. The molecule has 0 saturated carbocycles. The number of aliphatic hydroxyl groups is 1. The maximum Gasteiger partial charge on any atom is 0.0954 e. The standard InChI is InChI=1S/C16H23NO2/c1-12-6-8-17(10-15(12)18)11-16-14-5-3-2-4-13(14)7-9-19-16/h2-5,12,15-16,18H,6-11H2,1H3. The van der Waals surface area contributed by atoms with E-state index in [2.05, 4.69) is 36.1 Å². The lowest BCUT2D eigenvalue weighted by atomic mass is 9.94. The molecule has 3 atom stereocenters. The summed E-state index contributed by atoms with van der Waals surface area (Å²) >= 11 is 0. The van der Waals surface area contributed by atoms with E-state index in [1.807, 2.05) is 0 Å². The minimum Gasteiger partial charge on any atom is -0.392 e. The van der Waals surface area contributed by atoms with Gasteiger partial charge in [0, 0.05) is 13.1 Å². The Hall–Kier alpha value is -0.900. The van der Waals surface area contributed by atoms with Crippen LogP contribution in [0.25, 0.3) is 0 Å². The van der Waals surface area contributed by atoms with Crippen LogP contribution in [-0.2, 0) is 11.2 Å². The number of likely N-dealkylation sites (tertiary alicyclic amines) is 1. The van der Waals surface area contributed by atoms with E-state index in [4.69, 9.17) is 4.74 Å². The predicted octanol–water partition coefficient (Wildman–Crippen LogP) is 2.00. The van der Waals surface area contributed by atoms with E-state index in [1.54, 1.807) is 0 Å². The van der Waals surface area contributed by atoms with Crippen molar-refractivity contribution >= 4 is 0 Å². The van der Waals surface area contributed by atoms with Crippen LogP contribution in [0, 0.1) is 5.92 Å². The highest BCUT2D eigenvalue weighted by Gasteiger charge is 2.28. The number of β-amino-alcohol motifs (C(OH)–C–C–N with tert-alkyl or cyclic N) is 1. The molecule has 0 spiro atoms. The van der Waals surface area contributed by atoms with E-state index in [-0.39, 0.29) is 12.2 Å². The van der Waals surface area contributed by atoms with Crippen molar-refractivity contribution in [3.63, 3.8) is 0 Å². The van der Waals surface area contributed by atoms with Crippen molar-refractivity contribution in [3.05, 3.63) is 35.4 Å². The molecule has 2 aliphatic rings. The van der Waals surface area contributed by atoms with E-state index in [9.17, 15) is 5.11 Å². The second-order valence-corrected chi connectivity index (χ2v) is 5.90. The third-order valence-electron chi connectivity index (χ3n) is 4.52. The van der Waals surface area contributed by atoms with Gasteiger partial charge in [-0.1, -0.05) is 31.2 Å². The van der Waals surface area contributed by atoms with Crippen LogP contribution in [-0.4, -0.2) is 42.4 Å². The Morgan fingerprint density at radius 2 is 2.21 bits per heavy atom. The Labute approximate surface area is 115 Å². The Kier molecular flexibility index (Phi) is 3.87. The van der Waals surface area contributed by atoms with E-state index >= 15 is 0 Å². The first-order valence-corrected chi connectivity index (χ1v) is 7.34. The molecule has 3 rings (SSSR count). The molecular formula is C16H23NO2. The molecule has 3 unspecified atom stereocenters. The van der Waals surface area contributed by atoms with Gasteiger partial charge in [0.2, 0.25) is 0 Å². The first-order chi connectivity index (χ1) is 9.24. The quantitative estimate of drug-likeness (QED) is 0.884. The topological polar surface area (TPSA) is 32.7 Å². The summed E-state index contributed by atoms with van der Waals surface area (Å²) in [7, 11) is 0. The summed E-state index contributed by atoms with van der Waals surface area (Å²) in [6.07, 6.45) is 2.08. The van der Waals surface area contributed by atoms with Gasteiger partial charge >= 0.3 is 0 Å². The van der Waals surface area contributed by atoms with Gasteiger partial charge < -0.3 is 9.84 Å². The summed E-state index contributed by atoms with van der Waals surface area (Å²) in [5.41, 5.74) is 2.76. The SMILES string of the molecule is CC1CCN(CC2OCCc3ccccc32)CC1O. The first kappa shape index (κ1) is 13.1. The van der Waals surface area contributed by atoms with Crippen molar-refractivity contribution < 1.29 is 9.84 Å². The van der Waals surface area contributed by atoms with Crippen molar-refractivity contribution in [3.8, 4) is 0 Å². The predicted molar refractivity (Wildman–Crippen MR) is 75.1 cm³/mol. The summed E-state index contributed by atoms with van der Waals surface area (Å²) in [6, 6.07) is 8.58. The van der Waals surface area contributed by atoms with Crippen LogP contribution in [0.3, 0.4) is 0 Å². The number of rotatable bonds is 2. The van der Waals surface area contributed by atoms with Gasteiger partial charge in [-0.25, -0.2) is 0 Å². The molecule has 1 saturated heterocycles. The van der Waals surface area contributed by atoms with Crippen LogP contribution in [0.15, 0.2) is 24.3 Å². The number of nitrogens with zero attached hydrogens (tertiary/aromatic N) is 1. The molecule has 3 heteroatoms. The monoisotopic (exact) mass is 261 g/mol. The number of benzene rings is 1. The summed E-state index contributed by atoms with van der Waals surface area (Å²) in [5.74, 6) is 0.427. The smallest absolute Gasteiger partial charge is 0.0954 e. The van der Waals surface area contributed by atoms with Crippen molar-refractivity contribution in [2.45, 2.75) is 32.0 Å². The molecule has 2 aliphatic heterocycles. The maximum absolute atomic E-state index is 9.99. The van der Waals surface area contributed by atoms with Gasteiger partial charge in [0.25, 0.3) is 0 Å². The van der Waals surface area contributed by atoms with Gasteiger partial charge in [-0.2, -0.15) is 0 Å². The van der Waals surface area contributed by atoms with E-state index in [0.717, 1.165) is 39.1 Å². The molecule has 1 aromatic rings. The minimum atomic E-state index is -0.187. The highest BCUT2D eigenvalue weighted by Crippen LogP contribution is 2.29. The highest BCUT2D eigenvalue weighted by molar-refractivity contribution is 5.31. The molecule has 0 radical (unpaired) electrons. The molecule has 1 N–H and O–H groups in total. The van der Waals surface area contributed by atoms with Gasteiger partial charge in [0.05, 0.1) is 18.8 Å². The van der Waals surface area contributed by atoms with Gasteiger partial charge in [0.1, 0.15) is 0 Å². The molecule has 0 aliphatic carbocycles. The number of hydrogen-bond donors (Lipinski definition) is 1. The van der Waals surface area contributed by atoms with E-state index in [1.165, 1.54) is 11.1 Å². The minimum absolute atomic E-state index is 0.172. The van der Waals surface area contributed by atoms with Crippen LogP contribution in [0.5, 0.6) is 0 Å². The molecule has 3 nitrogen and oxygen atoms in total. The number of ether oxygens (including phenoxy) is 1. The molecule has 104 valence electrons. The summed E-state index contributed by atoms with van der Waals surface area (Å²) in [5, 5.41) is 9.99. The first-order valence-electron chi connectivity index (χ1n) is 7.34. The fourth-order valence-corrected chi connectivity index (χ4v) is 3.14. The van der Waals surface area contributed by atoms with Crippen LogP contribution in [0.2, 0.25) is 0 Å². The van der Waals surface area contributed by atoms with E-state index < -0.39 is 0 Å². The zero-order chi connectivity index (χ0) is 13.2. The third-order valence-corrected chi connectivity index (χ3v) is 4.52. The molecule has 2 heterocycles. The van der Waals surface area contributed by atoms with Crippen molar-refractivity contribution in [2.24, 2.45) is 5.92 Å². The number of hydrogen-bond acceptors (Lipinski definition) is 3. The molecule has 0 aromatic heterocycles. The molecule has 1 aromatic carbocycles. The Balaban J connectivity index is 1.68. The summed E-state index contributed by atoms with van der Waals surface area (Å²) in [4.78, 5) is 2.34. The van der Waals surface area contributed by atoms with Crippen LogP contribution >= 0.6 is 0 Å². The summed E-state index contributed by atoms with van der Waals surface area (Å²) in [6.45, 7) is 5.70. The fourth-order valence-electron chi connectivity index (χ4n) is 3.14. The van der Waals surface area contributed by atoms with Gasteiger partial charge in [-0.3, -0.25) is 4.90 Å². The second-order valence-electron chi connectivity index (χ2n) is 5.90. The van der Waals surface area contributed by atoms with Crippen LogP contribution < -0.4 is 0 Å². The van der Waals surface area contributed by atoms with Gasteiger partial charge in [0.15, 0.2) is 0 Å². The van der Waals surface area contributed by atoms with Crippen molar-refractivity contribution in [1.82, 2.24) is 4.90 Å². The molecule has 1 fully saturated rings. The average molecular weight is 261 g/mol. The zero-order valence-electron chi connectivity index (χ0n) is 11.6. The van der Waals surface area contributed by atoms with Gasteiger partial charge in [-0.05, 0) is 36.4 Å². The number of fused-ring (bicyclic) bond motifs is 1. The Morgan fingerprint density at radius 1 is 1.37 bits per heavy atom. The average Bonchev–Trinajstić information content (AvgIpc) is 2.43.